The predicted molar refractivity (Wildman–Crippen MR) is 257 cm³/mol. The van der Waals surface area contributed by atoms with Crippen LogP contribution in [0.1, 0.15) is 13.8 Å². The van der Waals surface area contributed by atoms with Crippen LogP contribution in [-0.2, 0) is 58.4 Å². The standard InChI is InChI=1S/C37H32ClFN12O15S6/c1-18(41-35-46-33(39)47-36(49-35)42-20-9-11-22(12-10-20)68(52,53)19(2)65-72(63,64)66-67)17-40-34-44-32(38)45-37(48-34)43-27-14-13-26(24-6-4-8-29(31(24)27)70(57,58)59)51-50-21-15-25-23(30(16-21)71(60,61)62)5-3-7-28(25)69(54,55)56/h3-16,18-19,67H,17H2,1-2H3,(H,54,55,56)(H,57,58,59)(H,60,61,62)(H2,40,43,44,45,48)(H2,41,42,46,47,49). The first-order chi connectivity index (χ1) is 33.6. The third-order valence-electron chi connectivity index (χ3n) is 9.61. The number of nitrogens with one attached hydrogen (secondary N) is 4. The average Bonchev–Trinajstić information content (AvgIpc) is 3.28. The zero-order chi connectivity index (χ0) is 52.6. The minimum absolute atomic E-state index is 0.00899. The number of thiol groups is 1. The highest BCUT2D eigenvalue weighted by Crippen LogP contribution is 2.39. The molecule has 0 aliphatic heterocycles. The van der Waals surface area contributed by atoms with Crippen LogP contribution in [0.4, 0.5) is 50.9 Å². The second-order valence-corrected chi connectivity index (χ2v) is 23.0. The fraction of sp³-hybridized carbons (Fsp3) is 0.135. The molecule has 7 aromatic rings. The Morgan fingerprint density at radius 3 is 1.92 bits per heavy atom. The maximum absolute atomic E-state index is 14.6. The molecule has 2 unspecified atom stereocenters. The van der Waals surface area contributed by atoms with E-state index in [1.807, 2.05) is 0 Å². The molecule has 2 heterocycles. The first-order valence-corrected chi connectivity index (χ1v) is 27.5. The van der Waals surface area contributed by atoms with Crippen molar-refractivity contribution in [2.24, 2.45) is 10.2 Å². The van der Waals surface area contributed by atoms with Gasteiger partial charge in [0.25, 0.3) is 30.4 Å². The highest BCUT2D eigenvalue weighted by Gasteiger charge is 2.30. The Hall–Kier alpha value is -6.44. The van der Waals surface area contributed by atoms with Crippen molar-refractivity contribution in [3.8, 4) is 0 Å². The molecule has 380 valence electrons. The van der Waals surface area contributed by atoms with Crippen molar-refractivity contribution in [2.75, 3.05) is 27.8 Å². The molecule has 0 fully saturated rings. The Balaban J connectivity index is 1.09. The molecular formula is C37H32ClFN12O15S6. The van der Waals surface area contributed by atoms with E-state index in [2.05, 4.69) is 82.1 Å². The number of aromatic nitrogens is 6. The van der Waals surface area contributed by atoms with Crippen LogP contribution in [0, 0.1) is 6.08 Å². The summed E-state index contributed by atoms with van der Waals surface area (Å²) in [5.41, 5.74) is -2.10. The van der Waals surface area contributed by atoms with Crippen LogP contribution < -0.4 is 21.3 Å². The molecule has 0 bridgehead atoms. The van der Waals surface area contributed by atoms with Crippen molar-refractivity contribution in [1.82, 2.24) is 29.9 Å². The molecule has 0 amide bonds. The lowest BCUT2D eigenvalue weighted by molar-refractivity contribution is 0.263. The molecule has 5 aromatic carbocycles. The van der Waals surface area contributed by atoms with E-state index >= 15 is 0 Å². The van der Waals surface area contributed by atoms with Gasteiger partial charge in [0, 0.05) is 39.8 Å². The minimum atomic E-state index is -5.00. The summed E-state index contributed by atoms with van der Waals surface area (Å²) in [7, 11) is -23.9. The van der Waals surface area contributed by atoms with Gasteiger partial charge >= 0.3 is 16.5 Å². The molecule has 2 aromatic heterocycles. The van der Waals surface area contributed by atoms with Crippen LogP contribution in [0.2, 0.25) is 5.28 Å². The number of benzene rings is 5. The molecule has 0 aliphatic rings. The molecule has 0 saturated heterocycles. The van der Waals surface area contributed by atoms with Gasteiger partial charge in [-0.05, 0) is 99.0 Å². The van der Waals surface area contributed by atoms with E-state index in [-0.39, 0.29) is 84.8 Å². The minimum Gasteiger partial charge on any atom is -0.352 e. The molecule has 0 radical (unpaired) electrons. The van der Waals surface area contributed by atoms with Crippen LogP contribution in [-0.4, -0.2) is 104 Å². The topological polar surface area (TPSA) is 400 Å². The number of halogens is 2. The number of hydrogen-bond acceptors (Lipinski definition) is 25. The first kappa shape index (κ1) is 53.4. The molecule has 72 heavy (non-hydrogen) atoms. The molecule has 27 nitrogen and oxygen atoms in total. The van der Waals surface area contributed by atoms with Gasteiger partial charge in [0.2, 0.25) is 38.9 Å². The lowest BCUT2D eigenvalue weighted by Gasteiger charge is -2.16. The van der Waals surface area contributed by atoms with Crippen molar-refractivity contribution in [2.45, 2.75) is 44.9 Å². The van der Waals surface area contributed by atoms with E-state index in [1.165, 1.54) is 42.5 Å². The van der Waals surface area contributed by atoms with Gasteiger partial charge in [-0.3, -0.25) is 13.7 Å². The van der Waals surface area contributed by atoms with Gasteiger partial charge in [-0.25, -0.2) is 12.6 Å². The predicted octanol–water partition coefficient (Wildman–Crippen LogP) is 5.95. The summed E-state index contributed by atoms with van der Waals surface area (Å²) in [4.78, 5) is 21.3. The summed E-state index contributed by atoms with van der Waals surface area (Å²) in [6.07, 6.45) is -1.20. The van der Waals surface area contributed by atoms with Crippen LogP contribution in [0.25, 0.3) is 21.5 Å². The number of anilines is 6. The van der Waals surface area contributed by atoms with Crippen molar-refractivity contribution >= 4 is 143 Å². The molecule has 35 heteroatoms. The molecule has 0 aliphatic carbocycles. The number of sulfone groups is 1. The third-order valence-corrected chi connectivity index (χ3v) is 15.8. The molecule has 2 atom stereocenters. The van der Waals surface area contributed by atoms with Gasteiger partial charge in [0.1, 0.15) is 14.7 Å². The maximum atomic E-state index is 14.6. The second-order valence-electron chi connectivity index (χ2n) is 14.6. The fourth-order valence-corrected chi connectivity index (χ4v) is 10.9. The summed E-state index contributed by atoms with van der Waals surface area (Å²) in [5, 5.41) is 18.3. The molecule has 0 saturated carbocycles. The summed E-state index contributed by atoms with van der Waals surface area (Å²) in [6.45, 7) is 2.59. The van der Waals surface area contributed by atoms with Crippen molar-refractivity contribution in [3.63, 3.8) is 0 Å². The lowest BCUT2D eigenvalue weighted by atomic mass is 10.1. The number of hydrogen-bond donors (Lipinski definition) is 8. The fourth-order valence-electron chi connectivity index (χ4n) is 6.56. The number of azo groups is 1. The zero-order valence-electron chi connectivity index (χ0n) is 36.0. The lowest BCUT2D eigenvalue weighted by Crippen LogP contribution is -2.27. The SMILES string of the molecule is CC(CNc1nc(Cl)nc(Nc2ccc(N=Nc3cc(S(=O)(=O)O)c4cccc(S(=O)(=O)O)c4c3)c3cccc(S(=O)(=O)O)c23)n1)Nc1nc(F)nc(Nc2ccc(S(=O)(=O)C(C)OS(=O)(=O)OS)cc2)n1. The van der Waals surface area contributed by atoms with Gasteiger partial charge in [0.05, 0.1) is 22.0 Å². The van der Waals surface area contributed by atoms with E-state index in [0.717, 1.165) is 49.4 Å². The average molecular weight is 1130 g/mol. The molecule has 0 spiro atoms. The zero-order valence-corrected chi connectivity index (χ0v) is 41.7. The Kier molecular flexibility index (Phi) is 15.3. The van der Waals surface area contributed by atoms with Crippen molar-refractivity contribution in [3.05, 3.63) is 96.3 Å². The Morgan fingerprint density at radius 2 is 1.26 bits per heavy atom. The highest BCUT2D eigenvalue weighted by atomic mass is 35.5. The normalized spacial score (nSPS) is 13.6. The monoisotopic (exact) mass is 1130 g/mol. The Labute approximate surface area is 417 Å². The first-order valence-electron chi connectivity index (χ1n) is 19.6. The van der Waals surface area contributed by atoms with Gasteiger partial charge in [0.15, 0.2) is 5.44 Å². The maximum Gasteiger partial charge on any atom is 0.411 e. The summed E-state index contributed by atoms with van der Waals surface area (Å²) < 4.78 is 176. The summed E-state index contributed by atoms with van der Waals surface area (Å²) in [6, 6.07) is 15.8. The van der Waals surface area contributed by atoms with Gasteiger partial charge in [-0.1, -0.05) is 24.3 Å². The number of fused-ring (bicyclic) bond motifs is 2. The second kappa shape index (κ2) is 20.6. The van der Waals surface area contributed by atoms with Crippen LogP contribution in [0.15, 0.2) is 115 Å². The molecule has 7 N–H and O–H groups in total. The van der Waals surface area contributed by atoms with Crippen molar-refractivity contribution < 1.29 is 68.0 Å². The largest absolute Gasteiger partial charge is 0.411 e. The summed E-state index contributed by atoms with van der Waals surface area (Å²) >= 11 is 9.35. The molecular weight excluding hydrogens is 1100 g/mol. The molecule has 7 rings (SSSR count). The van der Waals surface area contributed by atoms with E-state index in [1.54, 1.807) is 6.92 Å². The van der Waals surface area contributed by atoms with Gasteiger partial charge in [-0.15, -0.1) is 5.11 Å². The van der Waals surface area contributed by atoms with Crippen molar-refractivity contribution in [1.29, 1.82) is 0 Å². The van der Waals surface area contributed by atoms with Crippen LogP contribution in [0.3, 0.4) is 0 Å². The van der Waals surface area contributed by atoms with E-state index in [4.69, 9.17) is 11.6 Å². The highest BCUT2D eigenvalue weighted by molar-refractivity contribution is 7.94. The van der Waals surface area contributed by atoms with E-state index in [0.29, 0.717) is 0 Å². The van der Waals surface area contributed by atoms with Gasteiger partial charge < -0.3 is 21.3 Å². The summed E-state index contributed by atoms with van der Waals surface area (Å²) in [5.74, 6) is -0.919. The number of rotatable bonds is 19. The number of nitrogens with zero attached hydrogens (tertiary/aromatic N) is 8. The van der Waals surface area contributed by atoms with Crippen LogP contribution in [0.5, 0.6) is 0 Å². The Bertz CT molecular complexity index is 3910. The Morgan fingerprint density at radius 1 is 0.667 bits per heavy atom. The van der Waals surface area contributed by atoms with E-state index in [9.17, 15) is 60.1 Å². The van der Waals surface area contributed by atoms with Gasteiger partial charge in [-0.2, -0.15) is 76.7 Å². The smallest absolute Gasteiger partial charge is 0.352 e. The van der Waals surface area contributed by atoms with Crippen LogP contribution >= 0.6 is 24.5 Å². The van der Waals surface area contributed by atoms with E-state index < -0.39 is 82.8 Å². The quantitative estimate of drug-likeness (QED) is 0.0200. The third kappa shape index (κ3) is 12.6.